The highest BCUT2D eigenvalue weighted by Gasteiger charge is 2.15. The van der Waals surface area contributed by atoms with E-state index in [1.54, 1.807) is 6.07 Å². The fraction of sp³-hybridized carbons (Fsp3) is 0.267. The Labute approximate surface area is 127 Å². The van der Waals surface area contributed by atoms with Crippen molar-refractivity contribution in [1.82, 2.24) is 5.32 Å². The van der Waals surface area contributed by atoms with Crippen LogP contribution in [0.1, 0.15) is 28.9 Å². The second-order valence-electron chi connectivity index (χ2n) is 4.40. The minimum Gasteiger partial charge on any atom is -0.397 e. The van der Waals surface area contributed by atoms with Gasteiger partial charge in [-0.3, -0.25) is 4.79 Å². The summed E-state index contributed by atoms with van der Waals surface area (Å²) in [6, 6.07) is 5.43. The number of nitrogens with two attached hydrogens (primary N) is 1. The number of benzene rings is 1. The Morgan fingerprint density at radius 3 is 3.00 bits per heavy atom. The van der Waals surface area contributed by atoms with Crippen molar-refractivity contribution in [3.05, 3.63) is 28.1 Å². The van der Waals surface area contributed by atoms with Crippen molar-refractivity contribution < 1.29 is 4.79 Å². The predicted molar refractivity (Wildman–Crippen MR) is 86.3 cm³/mol. The van der Waals surface area contributed by atoms with Gasteiger partial charge in [0, 0.05) is 28.1 Å². The molecule has 3 nitrogen and oxygen atoms in total. The number of fused-ring (bicyclic) bond motifs is 1. The van der Waals surface area contributed by atoms with Gasteiger partial charge in [-0.05, 0) is 31.0 Å². The molecule has 1 heterocycles. The van der Waals surface area contributed by atoms with Crippen LogP contribution >= 0.6 is 22.9 Å². The van der Waals surface area contributed by atoms with E-state index in [-0.39, 0.29) is 5.91 Å². The van der Waals surface area contributed by atoms with Gasteiger partial charge in [0.2, 0.25) is 0 Å². The van der Waals surface area contributed by atoms with E-state index in [0.717, 1.165) is 29.3 Å². The number of amides is 1. The van der Waals surface area contributed by atoms with Crippen LogP contribution in [0.2, 0.25) is 5.02 Å². The molecule has 104 valence electrons. The van der Waals surface area contributed by atoms with Crippen molar-refractivity contribution in [2.75, 3.05) is 12.3 Å². The standard InChI is InChI=1S/C15H15ClN2OS/c1-2-3-4-5-8-18-15(19)14-13(17)11-7-6-10(16)9-12(11)20-14/h1,6-7,9H,3-5,8,17H2,(H,18,19). The fourth-order valence-electron chi connectivity index (χ4n) is 1.89. The van der Waals surface area contributed by atoms with Gasteiger partial charge in [-0.25, -0.2) is 0 Å². The maximum absolute atomic E-state index is 12.1. The van der Waals surface area contributed by atoms with Crippen LogP contribution in [0.25, 0.3) is 10.1 Å². The number of terminal acetylenes is 1. The SMILES string of the molecule is C#CCCCCNC(=O)c1sc2cc(Cl)ccc2c1N. The van der Waals surface area contributed by atoms with E-state index in [1.807, 2.05) is 12.1 Å². The Kier molecular flexibility index (Phi) is 4.89. The van der Waals surface area contributed by atoms with Gasteiger partial charge in [0.1, 0.15) is 4.88 Å². The number of hydrogen-bond donors (Lipinski definition) is 2. The molecule has 0 unspecified atom stereocenters. The van der Waals surface area contributed by atoms with E-state index in [4.69, 9.17) is 23.8 Å². The number of thiophene rings is 1. The number of halogens is 1. The number of rotatable bonds is 5. The monoisotopic (exact) mass is 306 g/mol. The summed E-state index contributed by atoms with van der Waals surface area (Å²) in [5, 5.41) is 4.38. The van der Waals surface area contributed by atoms with E-state index >= 15 is 0 Å². The summed E-state index contributed by atoms with van der Waals surface area (Å²) < 4.78 is 0.924. The number of unbranched alkanes of at least 4 members (excludes halogenated alkanes) is 2. The first-order chi connectivity index (χ1) is 9.63. The van der Waals surface area contributed by atoms with Gasteiger partial charge in [-0.2, -0.15) is 0 Å². The van der Waals surface area contributed by atoms with Crippen molar-refractivity contribution >= 4 is 44.6 Å². The van der Waals surface area contributed by atoms with Crippen molar-refractivity contribution in [2.24, 2.45) is 0 Å². The van der Waals surface area contributed by atoms with Crippen LogP contribution < -0.4 is 11.1 Å². The molecule has 0 saturated carbocycles. The summed E-state index contributed by atoms with van der Waals surface area (Å²) in [7, 11) is 0. The predicted octanol–water partition coefficient (Wildman–Crippen LogP) is 3.67. The number of carbonyl (C=O) groups excluding carboxylic acids is 1. The molecule has 0 fully saturated rings. The quantitative estimate of drug-likeness (QED) is 0.654. The Balaban J connectivity index is 2.07. The normalized spacial score (nSPS) is 10.4. The van der Waals surface area contributed by atoms with Gasteiger partial charge in [0.15, 0.2) is 0 Å². The summed E-state index contributed by atoms with van der Waals surface area (Å²) in [6.07, 6.45) is 7.69. The second-order valence-corrected chi connectivity index (χ2v) is 5.89. The van der Waals surface area contributed by atoms with Crippen molar-refractivity contribution in [3.8, 4) is 12.3 Å². The molecule has 1 aromatic heterocycles. The van der Waals surface area contributed by atoms with Crippen LogP contribution in [-0.2, 0) is 0 Å². The molecule has 0 saturated heterocycles. The summed E-state index contributed by atoms with van der Waals surface area (Å²) in [5.74, 6) is 2.44. The molecule has 20 heavy (non-hydrogen) atoms. The van der Waals surface area contributed by atoms with Crippen molar-refractivity contribution in [1.29, 1.82) is 0 Å². The van der Waals surface area contributed by atoms with E-state index in [2.05, 4.69) is 11.2 Å². The van der Waals surface area contributed by atoms with Gasteiger partial charge in [-0.1, -0.05) is 11.6 Å². The van der Waals surface area contributed by atoms with Gasteiger partial charge >= 0.3 is 0 Å². The van der Waals surface area contributed by atoms with Crippen LogP contribution in [0.4, 0.5) is 5.69 Å². The summed E-state index contributed by atoms with van der Waals surface area (Å²) in [4.78, 5) is 12.6. The lowest BCUT2D eigenvalue weighted by Gasteiger charge is -2.03. The van der Waals surface area contributed by atoms with Gasteiger partial charge in [0.05, 0.1) is 5.69 Å². The largest absolute Gasteiger partial charge is 0.397 e. The van der Waals surface area contributed by atoms with Crippen LogP contribution in [0.5, 0.6) is 0 Å². The van der Waals surface area contributed by atoms with E-state index in [9.17, 15) is 4.79 Å². The number of nitrogens with one attached hydrogen (secondary N) is 1. The molecule has 5 heteroatoms. The third kappa shape index (κ3) is 3.24. The lowest BCUT2D eigenvalue weighted by Crippen LogP contribution is -2.24. The topological polar surface area (TPSA) is 55.1 Å². The zero-order chi connectivity index (χ0) is 14.5. The fourth-order valence-corrected chi connectivity index (χ4v) is 3.21. The zero-order valence-corrected chi connectivity index (χ0v) is 12.5. The molecule has 0 spiro atoms. The third-order valence-electron chi connectivity index (χ3n) is 2.93. The average molecular weight is 307 g/mol. The number of hydrogen-bond acceptors (Lipinski definition) is 3. The highest BCUT2D eigenvalue weighted by Crippen LogP contribution is 2.35. The third-order valence-corrected chi connectivity index (χ3v) is 4.33. The first-order valence-electron chi connectivity index (χ1n) is 6.32. The maximum Gasteiger partial charge on any atom is 0.263 e. The highest BCUT2D eigenvalue weighted by molar-refractivity contribution is 7.21. The van der Waals surface area contributed by atoms with Crippen molar-refractivity contribution in [2.45, 2.75) is 19.3 Å². The molecule has 1 amide bonds. The molecule has 0 bridgehead atoms. The molecule has 3 N–H and O–H groups in total. The van der Waals surface area contributed by atoms with Crippen LogP contribution in [0.15, 0.2) is 18.2 Å². The first-order valence-corrected chi connectivity index (χ1v) is 7.52. The molecule has 0 aliphatic carbocycles. The average Bonchev–Trinajstić information content (AvgIpc) is 2.75. The lowest BCUT2D eigenvalue weighted by molar-refractivity contribution is 0.0958. The Hall–Kier alpha value is -1.70. The maximum atomic E-state index is 12.1. The van der Waals surface area contributed by atoms with Crippen LogP contribution in [0, 0.1) is 12.3 Å². The number of nitrogen functional groups attached to an aromatic ring is 1. The summed E-state index contributed by atoms with van der Waals surface area (Å²) in [6.45, 7) is 0.606. The Bertz CT molecular complexity index is 672. The second kappa shape index (κ2) is 6.65. The van der Waals surface area contributed by atoms with Gasteiger partial charge in [-0.15, -0.1) is 23.7 Å². The molecular weight excluding hydrogens is 292 g/mol. The number of anilines is 1. The zero-order valence-electron chi connectivity index (χ0n) is 10.9. The molecule has 2 rings (SSSR count). The van der Waals surface area contributed by atoms with Crippen LogP contribution in [-0.4, -0.2) is 12.5 Å². The molecule has 2 aromatic rings. The molecule has 0 aliphatic heterocycles. The first kappa shape index (κ1) is 14.7. The van der Waals surface area contributed by atoms with Crippen LogP contribution in [0.3, 0.4) is 0 Å². The molecule has 0 radical (unpaired) electrons. The molecule has 0 aliphatic rings. The number of carbonyl (C=O) groups is 1. The Morgan fingerprint density at radius 2 is 2.25 bits per heavy atom. The summed E-state index contributed by atoms with van der Waals surface area (Å²) >= 11 is 7.30. The minimum atomic E-state index is -0.138. The van der Waals surface area contributed by atoms with Gasteiger partial charge in [0.25, 0.3) is 5.91 Å². The highest BCUT2D eigenvalue weighted by atomic mass is 35.5. The lowest BCUT2D eigenvalue weighted by atomic mass is 10.2. The molecule has 0 atom stereocenters. The summed E-state index contributed by atoms with van der Waals surface area (Å²) in [5.41, 5.74) is 6.54. The van der Waals surface area contributed by atoms with E-state index < -0.39 is 0 Å². The van der Waals surface area contributed by atoms with Crippen molar-refractivity contribution in [3.63, 3.8) is 0 Å². The molecule has 1 aromatic carbocycles. The Morgan fingerprint density at radius 1 is 1.45 bits per heavy atom. The molecular formula is C15H15ClN2OS. The van der Waals surface area contributed by atoms with Gasteiger partial charge < -0.3 is 11.1 Å². The minimum absolute atomic E-state index is 0.138. The smallest absolute Gasteiger partial charge is 0.263 e. The van der Waals surface area contributed by atoms with E-state index in [1.165, 1.54) is 11.3 Å². The van der Waals surface area contributed by atoms with E-state index in [0.29, 0.717) is 22.1 Å².